The fourth-order valence-corrected chi connectivity index (χ4v) is 2.11. The van der Waals surface area contributed by atoms with Crippen LogP contribution in [0.4, 0.5) is 0 Å². The summed E-state index contributed by atoms with van der Waals surface area (Å²) in [4.78, 5) is 2.51. The summed E-state index contributed by atoms with van der Waals surface area (Å²) < 4.78 is 2.08. The van der Waals surface area contributed by atoms with E-state index in [1.54, 1.807) is 0 Å². The van der Waals surface area contributed by atoms with Gasteiger partial charge in [-0.05, 0) is 19.9 Å². The summed E-state index contributed by atoms with van der Waals surface area (Å²) in [5.74, 6) is 0. The zero-order chi connectivity index (χ0) is 10.7. The molecule has 0 aliphatic carbocycles. The monoisotopic (exact) mass is 208 g/mol. The lowest BCUT2D eigenvalue weighted by Crippen LogP contribution is -2.49. The van der Waals surface area contributed by atoms with Crippen LogP contribution in [0.2, 0.25) is 0 Å². The molecule has 0 spiro atoms. The first-order valence-electron chi connectivity index (χ1n) is 5.76. The molecule has 1 saturated heterocycles. The molecule has 2 rings (SSSR count). The summed E-state index contributed by atoms with van der Waals surface area (Å²) in [6, 6.07) is 2.75. The lowest BCUT2D eigenvalue weighted by atomic mass is 10.2. The van der Waals surface area contributed by atoms with Gasteiger partial charge < -0.3 is 5.32 Å². The minimum absolute atomic E-state index is 0.624. The number of nitrogens with zero attached hydrogens (tertiary/aromatic N) is 3. The minimum atomic E-state index is 0.624. The van der Waals surface area contributed by atoms with Crippen molar-refractivity contribution in [1.29, 1.82) is 0 Å². The van der Waals surface area contributed by atoms with E-state index in [-0.39, 0.29) is 0 Å². The van der Waals surface area contributed by atoms with E-state index in [1.165, 1.54) is 5.69 Å². The molecular formula is C11H20N4. The number of rotatable bonds is 3. The average Bonchev–Trinajstić information content (AvgIpc) is 2.69. The van der Waals surface area contributed by atoms with Gasteiger partial charge in [0.05, 0.1) is 5.69 Å². The van der Waals surface area contributed by atoms with Crippen molar-refractivity contribution in [2.45, 2.75) is 33.0 Å². The van der Waals surface area contributed by atoms with Crippen LogP contribution < -0.4 is 5.32 Å². The lowest BCUT2D eigenvalue weighted by Gasteiger charge is -2.33. The largest absolute Gasteiger partial charge is 0.314 e. The van der Waals surface area contributed by atoms with E-state index in [1.807, 2.05) is 6.20 Å². The van der Waals surface area contributed by atoms with Crippen LogP contribution in [0.25, 0.3) is 0 Å². The first-order valence-corrected chi connectivity index (χ1v) is 5.76. The standard InChI is InChI=1S/C11H20N4/c1-3-15-11(4-5-13-15)9-14-7-6-12-8-10(14)2/h4-5,10,12H,3,6-9H2,1-2H3/t10-/m1/s1. The number of piperazine rings is 1. The Balaban J connectivity index is 2.01. The van der Waals surface area contributed by atoms with E-state index in [0.29, 0.717) is 6.04 Å². The third kappa shape index (κ3) is 2.38. The summed E-state index contributed by atoms with van der Waals surface area (Å²) in [6.45, 7) is 9.73. The van der Waals surface area contributed by atoms with Gasteiger partial charge in [-0.25, -0.2) is 0 Å². The number of hydrogen-bond acceptors (Lipinski definition) is 3. The molecule has 0 saturated carbocycles. The summed E-state index contributed by atoms with van der Waals surface area (Å²) in [5, 5.41) is 7.71. The van der Waals surface area contributed by atoms with Gasteiger partial charge in [0, 0.05) is 45.0 Å². The van der Waals surface area contributed by atoms with Gasteiger partial charge in [0.25, 0.3) is 0 Å². The Kier molecular flexibility index (Phi) is 3.38. The molecule has 1 aliphatic rings. The highest BCUT2D eigenvalue weighted by Gasteiger charge is 2.18. The number of aryl methyl sites for hydroxylation is 1. The van der Waals surface area contributed by atoms with Gasteiger partial charge in [-0.3, -0.25) is 9.58 Å². The zero-order valence-electron chi connectivity index (χ0n) is 9.61. The Hall–Kier alpha value is -0.870. The van der Waals surface area contributed by atoms with Crippen molar-refractivity contribution in [3.8, 4) is 0 Å². The SMILES string of the molecule is CCn1nccc1CN1CCNC[C@H]1C. The van der Waals surface area contributed by atoms with Crippen LogP contribution in [-0.4, -0.2) is 40.4 Å². The molecule has 2 heterocycles. The maximum atomic E-state index is 4.30. The molecule has 1 fully saturated rings. The molecule has 0 aromatic carbocycles. The van der Waals surface area contributed by atoms with Crippen LogP contribution in [0.1, 0.15) is 19.5 Å². The third-order valence-corrected chi connectivity index (χ3v) is 3.11. The Morgan fingerprint density at radius 3 is 3.20 bits per heavy atom. The molecule has 15 heavy (non-hydrogen) atoms. The second kappa shape index (κ2) is 4.77. The number of nitrogens with one attached hydrogen (secondary N) is 1. The maximum Gasteiger partial charge on any atom is 0.0524 e. The van der Waals surface area contributed by atoms with Crippen LogP contribution in [0.3, 0.4) is 0 Å². The smallest absolute Gasteiger partial charge is 0.0524 e. The fourth-order valence-electron chi connectivity index (χ4n) is 2.11. The van der Waals surface area contributed by atoms with Crippen molar-refractivity contribution in [3.05, 3.63) is 18.0 Å². The van der Waals surface area contributed by atoms with E-state index in [4.69, 9.17) is 0 Å². The van der Waals surface area contributed by atoms with Crippen molar-refractivity contribution in [2.75, 3.05) is 19.6 Å². The molecule has 4 nitrogen and oxygen atoms in total. The minimum Gasteiger partial charge on any atom is -0.314 e. The van der Waals surface area contributed by atoms with Crippen molar-refractivity contribution in [3.63, 3.8) is 0 Å². The maximum absolute atomic E-state index is 4.30. The quantitative estimate of drug-likeness (QED) is 0.793. The summed E-state index contributed by atoms with van der Waals surface area (Å²) in [6.07, 6.45) is 1.89. The Labute approximate surface area is 91.3 Å². The summed E-state index contributed by atoms with van der Waals surface area (Å²) in [5.41, 5.74) is 1.33. The highest BCUT2D eigenvalue weighted by molar-refractivity contribution is 5.01. The van der Waals surface area contributed by atoms with E-state index in [0.717, 1.165) is 32.7 Å². The summed E-state index contributed by atoms with van der Waals surface area (Å²) >= 11 is 0. The highest BCUT2D eigenvalue weighted by atomic mass is 15.3. The van der Waals surface area contributed by atoms with Gasteiger partial charge in [-0.2, -0.15) is 5.10 Å². The van der Waals surface area contributed by atoms with Gasteiger partial charge in [0.15, 0.2) is 0 Å². The van der Waals surface area contributed by atoms with E-state index >= 15 is 0 Å². The van der Waals surface area contributed by atoms with Crippen molar-refractivity contribution < 1.29 is 0 Å². The average molecular weight is 208 g/mol. The molecular weight excluding hydrogens is 188 g/mol. The Morgan fingerprint density at radius 1 is 1.60 bits per heavy atom. The highest BCUT2D eigenvalue weighted by Crippen LogP contribution is 2.09. The van der Waals surface area contributed by atoms with Crippen LogP contribution in [-0.2, 0) is 13.1 Å². The second-order valence-corrected chi connectivity index (χ2v) is 4.16. The molecule has 0 amide bonds. The van der Waals surface area contributed by atoms with Gasteiger partial charge >= 0.3 is 0 Å². The molecule has 0 bridgehead atoms. The Bertz CT molecular complexity index is 307. The van der Waals surface area contributed by atoms with Crippen LogP contribution in [0.5, 0.6) is 0 Å². The number of hydrogen-bond donors (Lipinski definition) is 1. The Morgan fingerprint density at radius 2 is 2.47 bits per heavy atom. The van der Waals surface area contributed by atoms with Crippen molar-refractivity contribution in [2.24, 2.45) is 0 Å². The van der Waals surface area contributed by atoms with Crippen molar-refractivity contribution in [1.82, 2.24) is 20.0 Å². The van der Waals surface area contributed by atoms with Gasteiger partial charge in [-0.15, -0.1) is 0 Å². The molecule has 1 N–H and O–H groups in total. The van der Waals surface area contributed by atoms with Gasteiger partial charge in [0.1, 0.15) is 0 Å². The lowest BCUT2D eigenvalue weighted by molar-refractivity contribution is 0.161. The van der Waals surface area contributed by atoms with Gasteiger partial charge in [-0.1, -0.05) is 0 Å². The second-order valence-electron chi connectivity index (χ2n) is 4.16. The van der Waals surface area contributed by atoms with Crippen LogP contribution in [0, 0.1) is 0 Å². The number of aromatic nitrogens is 2. The van der Waals surface area contributed by atoms with E-state index < -0.39 is 0 Å². The third-order valence-electron chi connectivity index (χ3n) is 3.11. The molecule has 1 atom stereocenters. The zero-order valence-corrected chi connectivity index (χ0v) is 9.61. The van der Waals surface area contributed by atoms with Crippen LogP contribution in [0.15, 0.2) is 12.3 Å². The molecule has 0 unspecified atom stereocenters. The van der Waals surface area contributed by atoms with Crippen molar-refractivity contribution >= 4 is 0 Å². The predicted molar refractivity (Wildman–Crippen MR) is 60.6 cm³/mol. The van der Waals surface area contributed by atoms with E-state index in [9.17, 15) is 0 Å². The van der Waals surface area contributed by atoms with Gasteiger partial charge in [0.2, 0.25) is 0 Å². The van der Waals surface area contributed by atoms with E-state index in [2.05, 4.69) is 39.9 Å². The topological polar surface area (TPSA) is 33.1 Å². The predicted octanol–water partition coefficient (Wildman–Crippen LogP) is 0.697. The first-order chi connectivity index (χ1) is 7.31. The molecule has 4 heteroatoms. The van der Waals surface area contributed by atoms with Crippen LogP contribution >= 0.6 is 0 Å². The molecule has 1 aliphatic heterocycles. The molecule has 1 aromatic rings. The molecule has 1 aromatic heterocycles. The molecule has 84 valence electrons. The molecule has 0 radical (unpaired) electrons. The fraction of sp³-hybridized carbons (Fsp3) is 0.727. The normalized spacial score (nSPS) is 23.2. The summed E-state index contributed by atoms with van der Waals surface area (Å²) in [7, 11) is 0. The first kappa shape index (κ1) is 10.6.